The number of benzene rings is 2. The predicted octanol–water partition coefficient (Wildman–Crippen LogP) is 4.55. The average molecular weight is 389 g/mol. The minimum absolute atomic E-state index is 0.162. The first-order chi connectivity index (χ1) is 14.1. The van der Waals surface area contributed by atoms with E-state index < -0.39 is 5.91 Å². The first-order valence-corrected chi connectivity index (χ1v) is 9.50. The van der Waals surface area contributed by atoms with Gasteiger partial charge in [-0.25, -0.2) is 0 Å². The molecule has 6 heteroatoms. The van der Waals surface area contributed by atoms with Crippen molar-refractivity contribution in [1.29, 1.82) is 0 Å². The van der Waals surface area contributed by atoms with Crippen LogP contribution < -0.4 is 15.4 Å². The Kier molecular flexibility index (Phi) is 6.58. The molecule has 0 aliphatic carbocycles. The Hall–Kier alpha value is -3.67. The first kappa shape index (κ1) is 20.1. The highest BCUT2D eigenvalue weighted by atomic mass is 16.5. The Bertz CT molecular complexity index is 1000. The summed E-state index contributed by atoms with van der Waals surface area (Å²) in [6, 6.07) is 17.8. The van der Waals surface area contributed by atoms with Crippen molar-refractivity contribution in [3.05, 3.63) is 83.7 Å². The number of carbonyl (C=O) groups is 2. The van der Waals surface area contributed by atoms with Crippen LogP contribution in [-0.2, 0) is 6.42 Å². The molecule has 0 fully saturated rings. The van der Waals surface area contributed by atoms with E-state index >= 15 is 0 Å². The molecule has 29 heavy (non-hydrogen) atoms. The zero-order chi connectivity index (χ0) is 20.6. The molecule has 3 rings (SSSR count). The van der Waals surface area contributed by atoms with Gasteiger partial charge < -0.3 is 15.4 Å². The number of aryl methyl sites for hydroxylation is 1. The highest BCUT2D eigenvalue weighted by Gasteiger charge is 2.13. The normalized spacial score (nSPS) is 10.3. The van der Waals surface area contributed by atoms with Crippen molar-refractivity contribution in [1.82, 2.24) is 4.98 Å². The van der Waals surface area contributed by atoms with Crippen molar-refractivity contribution in [2.75, 3.05) is 17.2 Å². The highest BCUT2D eigenvalue weighted by molar-refractivity contribution is 6.08. The topological polar surface area (TPSA) is 80.3 Å². The van der Waals surface area contributed by atoms with E-state index in [9.17, 15) is 9.59 Å². The average Bonchev–Trinajstić information content (AvgIpc) is 2.75. The molecule has 0 saturated carbocycles. The number of hydrogen-bond donors (Lipinski definition) is 2. The fraction of sp³-hybridized carbons (Fsp3) is 0.174. The first-order valence-electron chi connectivity index (χ1n) is 9.50. The van der Waals surface area contributed by atoms with Crippen molar-refractivity contribution >= 4 is 23.2 Å². The summed E-state index contributed by atoms with van der Waals surface area (Å²) in [5.74, 6) is 0.0517. The molecule has 0 aliphatic heterocycles. The van der Waals surface area contributed by atoms with Gasteiger partial charge in [0.2, 0.25) is 0 Å². The van der Waals surface area contributed by atoms with E-state index in [1.807, 2.05) is 38.1 Å². The second kappa shape index (κ2) is 9.50. The smallest absolute Gasteiger partial charge is 0.274 e. The Labute approximate surface area is 169 Å². The summed E-state index contributed by atoms with van der Waals surface area (Å²) in [5, 5.41) is 5.67. The quantitative estimate of drug-likeness (QED) is 0.621. The molecule has 1 heterocycles. The summed E-state index contributed by atoms with van der Waals surface area (Å²) < 4.78 is 5.39. The summed E-state index contributed by atoms with van der Waals surface area (Å²) in [6.07, 6.45) is 2.26. The van der Waals surface area contributed by atoms with Gasteiger partial charge in [-0.15, -0.1) is 0 Å². The number of carbonyl (C=O) groups excluding carboxylic acids is 2. The molecular formula is C23H23N3O3. The molecular weight excluding hydrogens is 366 g/mol. The van der Waals surface area contributed by atoms with Crippen molar-refractivity contribution in [3.63, 3.8) is 0 Å². The van der Waals surface area contributed by atoms with Gasteiger partial charge >= 0.3 is 0 Å². The van der Waals surface area contributed by atoms with Gasteiger partial charge in [-0.2, -0.15) is 0 Å². The van der Waals surface area contributed by atoms with Crippen LogP contribution in [0.15, 0.2) is 66.9 Å². The lowest BCUT2D eigenvalue weighted by Gasteiger charge is -2.10. The standard InChI is InChI=1S/C23H23N3O3/c1-3-16-7-5-6-8-20(16)26-22(27)17-13-14-24-21(15-17)23(28)25-18-9-11-19(12-10-18)29-4-2/h5-15H,3-4H2,1-2H3,(H,25,28)(H,26,27). The van der Waals surface area contributed by atoms with Crippen LogP contribution in [-0.4, -0.2) is 23.4 Å². The molecule has 2 aromatic carbocycles. The SMILES string of the molecule is CCOc1ccc(NC(=O)c2cc(C(=O)Nc3ccccc3CC)ccn2)cc1. The van der Waals surface area contributed by atoms with Gasteiger partial charge in [0.1, 0.15) is 11.4 Å². The molecule has 2 amide bonds. The minimum atomic E-state index is -0.391. The van der Waals surface area contributed by atoms with Crippen LogP contribution in [0.25, 0.3) is 0 Å². The Morgan fingerprint density at radius 1 is 0.931 bits per heavy atom. The van der Waals surface area contributed by atoms with Gasteiger partial charge in [0.15, 0.2) is 0 Å². The molecule has 2 N–H and O–H groups in total. The molecule has 0 unspecified atom stereocenters. The van der Waals surface area contributed by atoms with E-state index in [1.54, 1.807) is 30.3 Å². The lowest BCUT2D eigenvalue weighted by Crippen LogP contribution is -2.17. The van der Waals surface area contributed by atoms with Crippen LogP contribution in [0.3, 0.4) is 0 Å². The fourth-order valence-electron chi connectivity index (χ4n) is 2.84. The zero-order valence-corrected chi connectivity index (χ0v) is 16.4. The number of rotatable bonds is 7. The molecule has 0 saturated heterocycles. The summed E-state index contributed by atoms with van der Waals surface area (Å²) in [6.45, 7) is 4.51. The maximum atomic E-state index is 12.6. The van der Waals surface area contributed by atoms with Gasteiger partial charge in [-0.1, -0.05) is 25.1 Å². The number of ether oxygens (including phenoxy) is 1. The molecule has 0 spiro atoms. The third-order valence-electron chi connectivity index (χ3n) is 4.32. The molecule has 148 valence electrons. The monoisotopic (exact) mass is 389 g/mol. The summed E-state index contributed by atoms with van der Waals surface area (Å²) >= 11 is 0. The third kappa shape index (κ3) is 5.19. The molecule has 3 aromatic rings. The largest absolute Gasteiger partial charge is 0.494 e. The van der Waals surface area contributed by atoms with Gasteiger partial charge in [-0.05, 0) is 61.4 Å². The molecule has 0 aliphatic rings. The van der Waals surface area contributed by atoms with Crippen molar-refractivity contribution in [2.45, 2.75) is 20.3 Å². The maximum Gasteiger partial charge on any atom is 0.274 e. The van der Waals surface area contributed by atoms with Gasteiger partial charge in [0.05, 0.1) is 6.61 Å². The number of amides is 2. The fourth-order valence-corrected chi connectivity index (χ4v) is 2.84. The van der Waals surface area contributed by atoms with E-state index in [2.05, 4.69) is 15.6 Å². The number of aromatic nitrogens is 1. The number of hydrogen-bond acceptors (Lipinski definition) is 4. The van der Waals surface area contributed by atoms with Crippen molar-refractivity contribution < 1.29 is 14.3 Å². The molecule has 6 nitrogen and oxygen atoms in total. The van der Waals surface area contributed by atoms with Crippen molar-refractivity contribution in [3.8, 4) is 5.75 Å². The molecule has 0 bridgehead atoms. The van der Waals surface area contributed by atoms with E-state index in [0.717, 1.165) is 23.4 Å². The summed E-state index contributed by atoms with van der Waals surface area (Å²) in [4.78, 5) is 29.2. The second-order valence-electron chi connectivity index (χ2n) is 6.31. The second-order valence-corrected chi connectivity index (χ2v) is 6.31. The number of pyridine rings is 1. The van der Waals surface area contributed by atoms with E-state index in [-0.39, 0.29) is 11.6 Å². The number of anilines is 2. The summed E-state index contributed by atoms with van der Waals surface area (Å²) in [7, 11) is 0. The van der Waals surface area contributed by atoms with Crippen LogP contribution >= 0.6 is 0 Å². The minimum Gasteiger partial charge on any atom is -0.494 e. The highest BCUT2D eigenvalue weighted by Crippen LogP contribution is 2.18. The maximum absolute atomic E-state index is 12.6. The molecule has 1 aromatic heterocycles. The van der Waals surface area contributed by atoms with Crippen molar-refractivity contribution in [2.24, 2.45) is 0 Å². The molecule has 0 radical (unpaired) electrons. The van der Waals surface area contributed by atoms with E-state index in [1.165, 1.54) is 12.3 Å². The van der Waals surface area contributed by atoms with Crippen LogP contribution in [0.4, 0.5) is 11.4 Å². The lowest BCUT2D eigenvalue weighted by molar-refractivity contribution is 0.102. The molecule has 0 atom stereocenters. The van der Waals surface area contributed by atoms with E-state index in [4.69, 9.17) is 4.74 Å². The Balaban J connectivity index is 1.71. The summed E-state index contributed by atoms with van der Waals surface area (Å²) in [5.41, 5.74) is 2.95. The third-order valence-corrected chi connectivity index (χ3v) is 4.32. The van der Waals surface area contributed by atoms with Crippen LogP contribution in [0.5, 0.6) is 5.75 Å². The van der Waals surface area contributed by atoms with E-state index in [0.29, 0.717) is 17.9 Å². The number of nitrogens with zero attached hydrogens (tertiary/aromatic N) is 1. The Morgan fingerprint density at radius 3 is 2.41 bits per heavy atom. The lowest BCUT2D eigenvalue weighted by atomic mass is 10.1. The van der Waals surface area contributed by atoms with Gasteiger partial charge in [-0.3, -0.25) is 14.6 Å². The zero-order valence-electron chi connectivity index (χ0n) is 16.4. The number of nitrogens with one attached hydrogen (secondary N) is 2. The van der Waals surface area contributed by atoms with Crippen LogP contribution in [0.2, 0.25) is 0 Å². The number of para-hydroxylation sites is 1. The predicted molar refractivity (Wildman–Crippen MR) is 114 cm³/mol. The Morgan fingerprint density at radius 2 is 1.69 bits per heavy atom. The van der Waals surface area contributed by atoms with Crippen LogP contribution in [0, 0.1) is 0 Å². The van der Waals surface area contributed by atoms with Crippen LogP contribution in [0.1, 0.15) is 40.3 Å². The van der Waals surface area contributed by atoms with Gasteiger partial charge in [0.25, 0.3) is 11.8 Å². The van der Waals surface area contributed by atoms with Gasteiger partial charge in [0, 0.05) is 23.1 Å².